The van der Waals surface area contributed by atoms with E-state index >= 15 is 0 Å². The molecule has 0 aromatic heterocycles. The van der Waals surface area contributed by atoms with Crippen LogP contribution in [0.3, 0.4) is 0 Å². The van der Waals surface area contributed by atoms with Crippen LogP contribution in [-0.2, 0) is 9.53 Å². The number of ketones is 1. The Balaban J connectivity index is 1.83. The average Bonchev–Trinajstić information content (AvgIpc) is 2.72. The first-order valence-corrected chi connectivity index (χ1v) is 7.24. The van der Waals surface area contributed by atoms with E-state index in [1.54, 1.807) is 7.11 Å². The summed E-state index contributed by atoms with van der Waals surface area (Å²) in [4.78, 5) is 14.5. The minimum absolute atomic E-state index is 0.273. The van der Waals surface area contributed by atoms with E-state index in [9.17, 15) is 4.79 Å². The predicted octanol–water partition coefficient (Wildman–Crippen LogP) is 2.35. The van der Waals surface area contributed by atoms with Gasteiger partial charge in [0.05, 0.1) is 6.61 Å². The third-order valence-corrected chi connectivity index (χ3v) is 4.55. The van der Waals surface area contributed by atoms with E-state index in [0.717, 1.165) is 45.5 Å². The molecule has 2 fully saturated rings. The molecular formula is C15H27NO2. The first kappa shape index (κ1) is 14.0. The van der Waals surface area contributed by atoms with Gasteiger partial charge in [-0.05, 0) is 37.1 Å². The van der Waals surface area contributed by atoms with Crippen LogP contribution in [0.4, 0.5) is 0 Å². The normalized spacial score (nSPS) is 32.9. The van der Waals surface area contributed by atoms with Crippen LogP contribution < -0.4 is 0 Å². The highest BCUT2D eigenvalue weighted by Crippen LogP contribution is 2.37. The van der Waals surface area contributed by atoms with Crippen LogP contribution in [0.5, 0.6) is 0 Å². The largest absolute Gasteiger partial charge is 0.384 e. The Morgan fingerprint density at radius 2 is 2.22 bits per heavy atom. The lowest BCUT2D eigenvalue weighted by atomic mass is 9.71. The third-order valence-electron chi connectivity index (χ3n) is 4.55. The van der Waals surface area contributed by atoms with Crippen molar-refractivity contribution in [1.29, 1.82) is 0 Å². The molecule has 1 saturated heterocycles. The Labute approximate surface area is 111 Å². The number of Topliss-reactive ketones (excluding diaryl/α,β-unsaturated/α-hetero) is 1. The van der Waals surface area contributed by atoms with Gasteiger partial charge >= 0.3 is 0 Å². The fraction of sp³-hybridized carbons (Fsp3) is 0.933. The van der Waals surface area contributed by atoms with Crippen molar-refractivity contribution in [1.82, 2.24) is 4.90 Å². The quantitative estimate of drug-likeness (QED) is 0.770. The summed E-state index contributed by atoms with van der Waals surface area (Å²) in [6, 6.07) is 0. The first-order valence-electron chi connectivity index (χ1n) is 7.24. The summed E-state index contributed by atoms with van der Waals surface area (Å²) in [5.41, 5.74) is 0.351. The third kappa shape index (κ3) is 3.55. The van der Waals surface area contributed by atoms with Gasteiger partial charge in [-0.1, -0.05) is 13.8 Å². The standard InChI is InChI=1S/C15H27NO2/c1-15(2)6-4-14(17)13(8-15)10-16-7-5-12(9-16)11-18-3/h12-13H,4-11H2,1-3H3. The molecule has 1 aliphatic heterocycles. The molecule has 0 bridgehead atoms. The van der Waals surface area contributed by atoms with Crippen molar-refractivity contribution < 1.29 is 9.53 Å². The van der Waals surface area contributed by atoms with Gasteiger partial charge < -0.3 is 9.64 Å². The number of nitrogens with zero attached hydrogens (tertiary/aromatic N) is 1. The molecule has 0 spiro atoms. The number of likely N-dealkylation sites (tertiary alicyclic amines) is 1. The molecule has 0 N–H and O–H groups in total. The van der Waals surface area contributed by atoms with Crippen LogP contribution in [0, 0.1) is 17.3 Å². The molecule has 0 aromatic rings. The topological polar surface area (TPSA) is 29.5 Å². The number of hydrogen-bond acceptors (Lipinski definition) is 3. The van der Waals surface area contributed by atoms with Gasteiger partial charge in [0.1, 0.15) is 5.78 Å². The van der Waals surface area contributed by atoms with Crippen LogP contribution in [0.25, 0.3) is 0 Å². The van der Waals surface area contributed by atoms with Crippen molar-refractivity contribution in [2.45, 2.75) is 39.5 Å². The van der Waals surface area contributed by atoms with Gasteiger partial charge in [-0.15, -0.1) is 0 Å². The molecule has 2 aliphatic rings. The second kappa shape index (κ2) is 5.70. The summed E-state index contributed by atoms with van der Waals surface area (Å²) in [5.74, 6) is 1.43. The Kier molecular flexibility index (Phi) is 4.44. The van der Waals surface area contributed by atoms with Crippen LogP contribution in [0.2, 0.25) is 0 Å². The van der Waals surface area contributed by atoms with E-state index in [1.807, 2.05) is 0 Å². The molecule has 0 aromatic carbocycles. The smallest absolute Gasteiger partial charge is 0.137 e. The van der Waals surface area contributed by atoms with E-state index in [2.05, 4.69) is 18.7 Å². The zero-order valence-electron chi connectivity index (χ0n) is 12.1. The SMILES string of the molecule is COCC1CCN(CC2CC(C)(C)CCC2=O)C1. The zero-order chi connectivity index (χ0) is 13.2. The summed E-state index contributed by atoms with van der Waals surface area (Å²) in [6.07, 6.45) is 4.14. The molecule has 2 unspecified atom stereocenters. The Bertz CT molecular complexity index is 301. The molecule has 1 aliphatic carbocycles. The van der Waals surface area contributed by atoms with Gasteiger partial charge in [-0.3, -0.25) is 4.79 Å². The highest BCUT2D eigenvalue weighted by molar-refractivity contribution is 5.82. The lowest BCUT2D eigenvalue weighted by Crippen LogP contribution is -2.38. The number of hydrogen-bond donors (Lipinski definition) is 0. The van der Waals surface area contributed by atoms with Crippen molar-refractivity contribution >= 4 is 5.78 Å². The maximum atomic E-state index is 12.0. The van der Waals surface area contributed by atoms with Gasteiger partial charge in [0.2, 0.25) is 0 Å². The second-order valence-corrected chi connectivity index (χ2v) is 6.90. The number of methoxy groups -OCH3 is 1. The molecule has 2 rings (SSSR count). The summed E-state index contributed by atoms with van der Waals surface area (Å²) < 4.78 is 5.22. The van der Waals surface area contributed by atoms with Gasteiger partial charge in [-0.25, -0.2) is 0 Å². The predicted molar refractivity (Wildman–Crippen MR) is 72.6 cm³/mol. The summed E-state index contributed by atoms with van der Waals surface area (Å²) in [5, 5.41) is 0. The number of rotatable bonds is 4. The van der Waals surface area contributed by atoms with Gasteiger partial charge in [-0.2, -0.15) is 0 Å². The van der Waals surface area contributed by atoms with E-state index < -0.39 is 0 Å². The van der Waals surface area contributed by atoms with Crippen molar-refractivity contribution in [2.75, 3.05) is 33.4 Å². The van der Waals surface area contributed by atoms with E-state index in [1.165, 1.54) is 6.42 Å². The molecule has 3 heteroatoms. The molecule has 0 amide bonds. The van der Waals surface area contributed by atoms with E-state index in [4.69, 9.17) is 4.74 Å². The monoisotopic (exact) mass is 253 g/mol. The molecule has 1 heterocycles. The minimum Gasteiger partial charge on any atom is -0.384 e. The van der Waals surface area contributed by atoms with Gasteiger partial charge in [0.25, 0.3) is 0 Å². The Morgan fingerprint density at radius 1 is 1.44 bits per heavy atom. The summed E-state index contributed by atoms with van der Waals surface area (Å²) in [6.45, 7) is 8.67. The van der Waals surface area contributed by atoms with Gasteiger partial charge in [0, 0.05) is 32.5 Å². The second-order valence-electron chi connectivity index (χ2n) is 6.90. The highest BCUT2D eigenvalue weighted by Gasteiger charge is 2.35. The molecule has 0 radical (unpaired) electrons. The summed E-state index contributed by atoms with van der Waals surface area (Å²) >= 11 is 0. The number of ether oxygens (including phenoxy) is 1. The molecule has 3 nitrogen and oxygen atoms in total. The molecule has 2 atom stereocenters. The van der Waals surface area contributed by atoms with Crippen LogP contribution in [0.15, 0.2) is 0 Å². The highest BCUT2D eigenvalue weighted by atomic mass is 16.5. The van der Waals surface area contributed by atoms with E-state index in [0.29, 0.717) is 17.1 Å². The summed E-state index contributed by atoms with van der Waals surface area (Å²) in [7, 11) is 1.77. The average molecular weight is 253 g/mol. The van der Waals surface area contributed by atoms with Crippen LogP contribution in [-0.4, -0.2) is 44.0 Å². The van der Waals surface area contributed by atoms with Crippen LogP contribution in [0.1, 0.15) is 39.5 Å². The molecule has 18 heavy (non-hydrogen) atoms. The molecule has 104 valence electrons. The maximum Gasteiger partial charge on any atom is 0.137 e. The molecule has 1 saturated carbocycles. The first-order chi connectivity index (χ1) is 8.50. The number of carbonyl (C=O) groups is 1. The number of carbonyl (C=O) groups excluding carboxylic acids is 1. The van der Waals surface area contributed by atoms with Crippen molar-refractivity contribution in [2.24, 2.45) is 17.3 Å². The fourth-order valence-corrected chi connectivity index (χ4v) is 3.48. The Hall–Kier alpha value is -0.410. The molecular weight excluding hydrogens is 226 g/mol. The fourth-order valence-electron chi connectivity index (χ4n) is 3.48. The van der Waals surface area contributed by atoms with Gasteiger partial charge in [0.15, 0.2) is 0 Å². The van der Waals surface area contributed by atoms with Crippen molar-refractivity contribution in [3.63, 3.8) is 0 Å². The van der Waals surface area contributed by atoms with Crippen molar-refractivity contribution in [3.05, 3.63) is 0 Å². The van der Waals surface area contributed by atoms with Crippen molar-refractivity contribution in [3.8, 4) is 0 Å². The lowest BCUT2D eigenvalue weighted by molar-refractivity contribution is -0.127. The van der Waals surface area contributed by atoms with E-state index in [-0.39, 0.29) is 5.92 Å². The lowest BCUT2D eigenvalue weighted by Gasteiger charge is -2.36. The van der Waals surface area contributed by atoms with Crippen LogP contribution >= 0.6 is 0 Å². The maximum absolute atomic E-state index is 12.0. The minimum atomic E-state index is 0.273. The zero-order valence-corrected chi connectivity index (χ0v) is 12.1. The Morgan fingerprint density at radius 3 is 2.94 bits per heavy atom.